The minimum atomic E-state index is -0.113. The first-order valence-electron chi connectivity index (χ1n) is 9.64. The van der Waals surface area contributed by atoms with E-state index in [4.69, 9.17) is 4.74 Å². The van der Waals surface area contributed by atoms with Crippen molar-refractivity contribution in [3.05, 3.63) is 29.8 Å². The van der Waals surface area contributed by atoms with Gasteiger partial charge in [0.15, 0.2) is 0 Å². The average Bonchev–Trinajstić information content (AvgIpc) is 2.72. The lowest BCUT2D eigenvalue weighted by molar-refractivity contribution is -0.138. The Labute approximate surface area is 165 Å². The fourth-order valence-corrected chi connectivity index (χ4v) is 3.92. The van der Waals surface area contributed by atoms with E-state index in [1.54, 1.807) is 11.8 Å². The number of carbonyl (C=O) groups is 2. The quantitative estimate of drug-likeness (QED) is 0.716. The van der Waals surface area contributed by atoms with Gasteiger partial charge in [-0.15, -0.1) is 11.8 Å². The molecule has 0 saturated carbocycles. The molecule has 2 amide bonds. The Morgan fingerprint density at radius 3 is 2.67 bits per heavy atom. The highest BCUT2D eigenvalue weighted by Crippen LogP contribution is 2.19. The van der Waals surface area contributed by atoms with Gasteiger partial charge in [-0.1, -0.05) is 12.1 Å². The van der Waals surface area contributed by atoms with Crippen LogP contribution in [0.25, 0.3) is 0 Å². The number of amides is 2. The molecule has 1 N–H and O–H groups in total. The molecule has 2 saturated heterocycles. The van der Waals surface area contributed by atoms with E-state index >= 15 is 0 Å². The molecule has 0 unspecified atom stereocenters. The van der Waals surface area contributed by atoms with Crippen molar-refractivity contribution in [1.29, 1.82) is 0 Å². The maximum atomic E-state index is 12.6. The summed E-state index contributed by atoms with van der Waals surface area (Å²) in [6, 6.07) is 8.23. The molecular formula is C20H29N3O3S. The molecule has 2 fully saturated rings. The number of ether oxygens (including phenoxy) is 1. The molecule has 0 bridgehead atoms. The lowest BCUT2D eigenvalue weighted by Crippen LogP contribution is -2.49. The van der Waals surface area contributed by atoms with E-state index in [2.05, 4.69) is 22.3 Å². The zero-order valence-corrected chi connectivity index (χ0v) is 16.8. The summed E-state index contributed by atoms with van der Waals surface area (Å²) in [6.07, 6.45) is 3.15. The lowest BCUT2D eigenvalue weighted by atomic mass is 9.96. The van der Waals surface area contributed by atoms with Gasteiger partial charge in [-0.2, -0.15) is 0 Å². The Kier molecular flexibility index (Phi) is 7.55. The Morgan fingerprint density at radius 1 is 1.22 bits per heavy atom. The summed E-state index contributed by atoms with van der Waals surface area (Å²) in [6.45, 7) is 5.96. The Morgan fingerprint density at radius 2 is 1.96 bits per heavy atom. The van der Waals surface area contributed by atoms with Gasteiger partial charge in [0.25, 0.3) is 0 Å². The fraction of sp³-hybridized carbons (Fsp3) is 0.600. The Balaban J connectivity index is 1.45. The van der Waals surface area contributed by atoms with E-state index in [1.807, 2.05) is 23.3 Å². The van der Waals surface area contributed by atoms with E-state index in [0.29, 0.717) is 32.5 Å². The molecular weight excluding hydrogens is 362 g/mol. The molecule has 1 atom stereocenters. The summed E-state index contributed by atoms with van der Waals surface area (Å²) in [5, 5.41) is 3.04. The molecule has 2 aliphatic rings. The first-order valence-corrected chi connectivity index (χ1v) is 10.9. The van der Waals surface area contributed by atoms with Gasteiger partial charge in [0.05, 0.1) is 19.1 Å². The van der Waals surface area contributed by atoms with Crippen molar-refractivity contribution in [3.63, 3.8) is 0 Å². The van der Waals surface area contributed by atoms with E-state index in [1.165, 1.54) is 4.90 Å². The average molecular weight is 392 g/mol. The van der Waals surface area contributed by atoms with Crippen LogP contribution in [-0.4, -0.2) is 73.8 Å². The number of nitrogens with zero attached hydrogens (tertiary/aromatic N) is 2. The zero-order chi connectivity index (χ0) is 19.1. The number of thioether (sulfide) groups is 1. The van der Waals surface area contributed by atoms with Gasteiger partial charge in [0.2, 0.25) is 11.8 Å². The number of morpholine rings is 1. The van der Waals surface area contributed by atoms with E-state index in [-0.39, 0.29) is 17.7 Å². The molecule has 148 valence electrons. The molecule has 7 heteroatoms. The Hall–Kier alpha value is -1.57. The number of likely N-dealkylation sites (tertiary alicyclic amines) is 1. The molecule has 2 heterocycles. The van der Waals surface area contributed by atoms with Gasteiger partial charge >= 0.3 is 0 Å². The topological polar surface area (TPSA) is 61.9 Å². The van der Waals surface area contributed by atoms with Crippen molar-refractivity contribution in [3.8, 4) is 0 Å². The Bertz CT molecular complexity index is 632. The number of rotatable bonds is 7. The van der Waals surface area contributed by atoms with E-state index < -0.39 is 0 Å². The fourth-order valence-electron chi connectivity index (χ4n) is 3.51. The van der Waals surface area contributed by atoms with Crippen LogP contribution in [0.4, 0.5) is 0 Å². The summed E-state index contributed by atoms with van der Waals surface area (Å²) in [5.74, 6) is 0.102. The monoisotopic (exact) mass is 391 g/mol. The van der Waals surface area contributed by atoms with Gasteiger partial charge in [0, 0.05) is 50.6 Å². The highest BCUT2D eigenvalue weighted by molar-refractivity contribution is 7.98. The maximum absolute atomic E-state index is 12.6. The second-order valence-corrected chi connectivity index (χ2v) is 7.97. The summed E-state index contributed by atoms with van der Waals surface area (Å²) in [7, 11) is 0. The predicted molar refractivity (Wildman–Crippen MR) is 107 cm³/mol. The van der Waals surface area contributed by atoms with Crippen molar-refractivity contribution < 1.29 is 14.3 Å². The van der Waals surface area contributed by atoms with Crippen LogP contribution in [-0.2, 0) is 20.9 Å². The van der Waals surface area contributed by atoms with Crippen LogP contribution in [0.3, 0.4) is 0 Å². The second kappa shape index (κ2) is 10.1. The second-order valence-electron chi connectivity index (χ2n) is 7.10. The van der Waals surface area contributed by atoms with E-state index in [0.717, 1.165) is 38.4 Å². The van der Waals surface area contributed by atoms with Crippen LogP contribution in [0.5, 0.6) is 0 Å². The largest absolute Gasteiger partial charge is 0.379 e. The third kappa shape index (κ3) is 5.96. The lowest BCUT2D eigenvalue weighted by Gasteiger charge is -2.34. The number of carbonyl (C=O) groups excluding carboxylic acids is 2. The van der Waals surface area contributed by atoms with Crippen LogP contribution in [0.15, 0.2) is 29.2 Å². The number of benzene rings is 1. The third-order valence-electron chi connectivity index (χ3n) is 5.29. The predicted octanol–water partition coefficient (Wildman–Crippen LogP) is 1.60. The van der Waals surface area contributed by atoms with Crippen molar-refractivity contribution in [2.24, 2.45) is 5.92 Å². The highest BCUT2D eigenvalue weighted by Gasteiger charge is 2.30. The van der Waals surface area contributed by atoms with Crippen LogP contribution in [0.1, 0.15) is 18.4 Å². The van der Waals surface area contributed by atoms with Gasteiger partial charge in [-0.05, 0) is 30.4 Å². The summed E-state index contributed by atoms with van der Waals surface area (Å²) in [4.78, 5) is 30.2. The molecule has 1 aromatic carbocycles. The SMILES string of the molecule is CSc1ccc(CNC(=O)[C@@H]2CCC(=O)N(CCN3CCOCC3)C2)cc1. The van der Waals surface area contributed by atoms with Gasteiger partial charge in [0.1, 0.15) is 0 Å². The first kappa shape index (κ1) is 20.2. The molecule has 6 nitrogen and oxygen atoms in total. The number of hydrogen-bond acceptors (Lipinski definition) is 5. The van der Waals surface area contributed by atoms with Gasteiger partial charge in [-0.25, -0.2) is 0 Å². The minimum absolute atomic E-state index is 0.0489. The molecule has 0 radical (unpaired) electrons. The van der Waals surface area contributed by atoms with Gasteiger partial charge in [-0.3, -0.25) is 14.5 Å². The van der Waals surface area contributed by atoms with Crippen LogP contribution in [0.2, 0.25) is 0 Å². The van der Waals surface area contributed by atoms with Crippen LogP contribution in [0, 0.1) is 5.92 Å². The van der Waals surface area contributed by atoms with Crippen molar-refractivity contribution in [1.82, 2.24) is 15.1 Å². The molecule has 0 aromatic heterocycles. The van der Waals surface area contributed by atoms with Crippen molar-refractivity contribution >= 4 is 23.6 Å². The molecule has 0 aliphatic carbocycles. The standard InChI is InChI=1S/C20H29N3O3S/c1-27-18-5-2-16(3-6-18)14-21-20(25)17-4-7-19(24)23(15-17)9-8-22-10-12-26-13-11-22/h2-3,5-6,17H,4,7-15H2,1H3,(H,21,25)/t17-/m1/s1. The molecule has 27 heavy (non-hydrogen) atoms. The molecule has 2 aliphatic heterocycles. The zero-order valence-electron chi connectivity index (χ0n) is 16.0. The first-order chi connectivity index (χ1) is 13.2. The van der Waals surface area contributed by atoms with Crippen LogP contribution < -0.4 is 5.32 Å². The molecule has 1 aromatic rings. The summed E-state index contributed by atoms with van der Waals surface area (Å²) < 4.78 is 5.36. The van der Waals surface area contributed by atoms with E-state index in [9.17, 15) is 9.59 Å². The number of nitrogens with one attached hydrogen (secondary N) is 1. The highest BCUT2D eigenvalue weighted by atomic mass is 32.2. The molecule has 3 rings (SSSR count). The number of piperidine rings is 1. The van der Waals surface area contributed by atoms with Crippen molar-refractivity contribution in [2.45, 2.75) is 24.3 Å². The smallest absolute Gasteiger partial charge is 0.225 e. The third-order valence-corrected chi connectivity index (χ3v) is 6.03. The van der Waals surface area contributed by atoms with Gasteiger partial charge < -0.3 is 15.0 Å². The maximum Gasteiger partial charge on any atom is 0.225 e. The normalized spacial score (nSPS) is 21.3. The molecule has 0 spiro atoms. The number of hydrogen-bond donors (Lipinski definition) is 1. The summed E-state index contributed by atoms with van der Waals surface area (Å²) >= 11 is 1.70. The van der Waals surface area contributed by atoms with Crippen LogP contribution >= 0.6 is 11.8 Å². The summed E-state index contributed by atoms with van der Waals surface area (Å²) in [5.41, 5.74) is 1.09. The van der Waals surface area contributed by atoms with Crippen molar-refractivity contribution in [2.75, 3.05) is 52.2 Å². The minimum Gasteiger partial charge on any atom is -0.379 e.